The molecule has 0 spiro atoms. The van der Waals surface area contributed by atoms with Crippen LogP contribution in [0.5, 0.6) is 23.0 Å². The summed E-state index contributed by atoms with van der Waals surface area (Å²) in [4.78, 5) is 14.4. The van der Waals surface area contributed by atoms with Gasteiger partial charge in [0, 0.05) is 17.2 Å². The van der Waals surface area contributed by atoms with Crippen molar-refractivity contribution in [2.75, 3.05) is 20.3 Å². The lowest BCUT2D eigenvalue weighted by Gasteiger charge is -2.45. The van der Waals surface area contributed by atoms with Gasteiger partial charge in [-0.25, -0.2) is 0 Å². The Balaban J connectivity index is 1.57. The van der Waals surface area contributed by atoms with Crippen molar-refractivity contribution in [2.24, 2.45) is 0 Å². The maximum atomic E-state index is 14.4. The minimum absolute atomic E-state index is 0.0394. The molecule has 2 aliphatic heterocycles. The summed E-state index contributed by atoms with van der Waals surface area (Å²) in [5, 5.41) is 94.9. The predicted octanol–water partition coefficient (Wildman–Crippen LogP) is 0.386. The average Bonchev–Trinajstić information content (AvgIpc) is 3.10. The van der Waals surface area contributed by atoms with Crippen molar-refractivity contribution < 1.29 is 74.1 Å². The Bertz CT molecular complexity index is 1870. The standard InChI is InChI=1S/C36H46O16/c1-14(2)6-8-16-10-20(47-5)33-24(25(16)40)27(42)23-17(9-7-15(3)4)19(11-18(39)32(23)51-33)48-35-31(46)29(44)34(22(13-38)50-35)52-36-30(45)28(43)26(41)21(12-37)49-36/h6-7,10-11,21-22,26,28-31,34-41,43-46H,8-9,12-13H2,1-5H3/t21-,22-,26-,28+,29-,30-,31-,34-,35-,36+/m1/s1. The van der Waals surface area contributed by atoms with Gasteiger partial charge >= 0.3 is 0 Å². The molecule has 286 valence electrons. The Morgan fingerprint density at radius 3 is 1.98 bits per heavy atom. The molecule has 0 unspecified atom stereocenters. The van der Waals surface area contributed by atoms with E-state index in [4.69, 9.17) is 28.1 Å². The number of aliphatic hydroxyl groups excluding tert-OH is 7. The van der Waals surface area contributed by atoms with Crippen LogP contribution in [0.4, 0.5) is 0 Å². The molecule has 16 heteroatoms. The summed E-state index contributed by atoms with van der Waals surface area (Å²) in [6.07, 6.45) is -13.0. The smallest absolute Gasteiger partial charge is 0.229 e. The third kappa shape index (κ3) is 7.49. The zero-order chi connectivity index (χ0) is 38.2. The number of phenolic OH excluding ortho intramolecular Hbond substituents is 2. The van der Waals surface area contributed by atoms with E-state index in [1.807, 2.05) is 33.8 Å². The van der Waals surface area contributed by atoms with Gasteiger partial charge in [-0.15, -0.1) is 0 Å². The van der Waals surface area contributed by atoms with Crippen molar-refractivity contribution in [3.63, 3.8) is 0 Å². The Labute approximate surface area is 297 Å². The summed E-state index contributed by atoms with van der Waals surface area (Å²) < 4.78 is 34.3. The Kier molecular flexibility index (Phi) is 12.2. The van der Waals surface area contributed by atoms with Crippen LogP contribution in [0.1, 0.15) is 38.8 Å². The van der Waals surface area contributed by atoms with Crippen LogP contribution in [0.25, 0.3) is 21.9 Å². The van der Waals surface area contributed by atoms with E-state index in [9.17, 15) is 50.8 Å². The fourth-order valence-corrected chi connectivity index (χ4v) is 6.24. The number of rotatable bonds is 11. The highest BCUT2D eigenvalue weighted by Gasteiger charge is 2.51. The van der Waals surface area contributed by atoms with Gasteiger partial charge in [0.05, 0.1) is 25.7 Å². The van der Waals surface area contributed by atoms with E-state index in [1.54, 1.807) is 12.1 Å². The molecule has 10 atom stereocenters. The highest BCUT2D eigenvalue weighted by atomic mass is 16.7. The SMILES string of the molecule is COc1cc(CC=C(C)C)c(O)c2c(=O)c3c(CC=C(C)C)c(O[C@@H]4O[C@H](CO)[C@@H](O[C@@H]5O[C@H](CO)[C@@H](O)[C@H](O)[C@H]5O)[C@H](O)[C@H]4O)cc(O)c3oc12. The van der Waals surface area contributed by atoms with E-state index in [-0.39, 0.29) is 57.6 Å². The molecule has 9 N–H and O–H groups in total. The molecule has 2 aromatic carbocycles. The fraction of sp³-hybridized carbons (Fsp3) is 0.528. The van der Waals surface area contributed by atoms with E-state index in [0.29, 0.717) is 5.56 Å². The van der Waals surface area contributed by atoms with Crippen LogP contribution in [0, 0.1) is 0 Å². The molecule has 2 fully saturated rings. The summed E-state index contributed by atoms with van der Waals surface area (Å²) in [6, 6.07) is 2.68. The summed E-state index contributed by atoms with van der Waals surface area (Å²) in [7, 11) is 1.38. The van der Waals surface area contributed by atoms with Gasteiger partial charge in [0.25, 0.3) is 0 Å². The number of phenols is 2. The molecule has 0 aliphatic carbocycles. The second-order valence-electron chi connectivity index (χ2n) is 13.4. The normalized spacial score (nSPS) is 29.2. The van der Waals surface area contributed by atoms with Gasteiger partial charge in [0.2, 0.25) is 11.7 Å². The molecule has 3 aromatic rings. The van der Waals surface area contributed by atoms with Gasteiger partial charge in [-0.05, 0) is 46.6 Å². The number of fused-ring (bicyclic) bond motifs is 2. The van der Waals surface area contributed by atoms with Crippen molar-refractivity contribution in [2.45, 2.75) is 102 Å². The first-order valence-corrected chi connectivity index (χ1v) is 16.7. The molecule has 52 heavy (non-hydrogen) atoms. The van der Waals surface area contributed by atoms with Crippen LogP contribution in [-0.4, -0.2) is 128 Å². The quantitative estimate of drug-likeness (QED) is 0.0953. The monoisotopic (exact) mass is 734 g/mol. The first-order valence-electron chi connectivity index (χ1n) is 16.7. The third-order valence-corrected chi connectivity index (χ3v) is 9.15. The number of aromatic hydroxyl groups is 2. The first-order chi connectivity index (χ1) is 24.6. The van der Waals surface area contributed by atoms with Crippen LogP contribution in [-0.2, 0) is 27.1 Å². The minimum Gasteiger partial charge on any atom is -0.507 e. The molecular weight excluding hydrogens is 688 g/mol. The van der Waals surface area contributed by atoms with Gasteiger partial charge in [0.15, 0.2) is 29.0 Å². The molecule has 2 aliphatic rings. The van der Waals surface area contributed by atoms with Gasteiger partial charge in [-0.3, -0.25) is 4.79 Å². The molecule has 3 heterocycles. The molecule has 0 saturated carbocycles. The van der Waals surface area contributed by atoms with E-state index in [0.717, 1.165) is 17.2 Å². The molecule has 0 radical (unpaired) electrons. The number of ether oxygens (including phenoxy) is 5. The molecule has 0 amide bonds. The zero-order valence-electron chi connectivity index (χ0n) is 29.3. The second-order valence-corrected chi connectivity index (χ2v) is 13.4. The molecule has 16 nitrogen and oxygen atoms in total. The highest BCUT2D eigenvalue weighted by Crippen LogP contribution is 2.42. The Morgan fingerprint density at radius 1 is 0.750 bits per heavy atom. The predicted molar refractivity (Wildman–Crippen MR) is 183 cm³/mol. The lowest BCUT2D eigenvalue weighted by Crippen LogP contribution is -2.65. The van der Waals surface area contributed by atoms with Crippen LogP contribution in [0.15, 0.2) is 44.6 Å². The Morgan fingerprint density at radius 2 is 1.37 bits per heavy atom. The van der Waals surface area contributed by atoms with Gasteiger partial charge in [-0.1, -0.05) is 23.3 Å². The largest absolute Gasteiger partial charge is 0.507 e. The maximum absolute atomic E-state index is 14.4. The summed E-state index contributed by atoms with van der Waals surface area (Å²) >= 11 is 0. The van der Waals surface area contributed by atoms with E-state index < -0.39 is 85.8 Å². The number of allylic oxidation sites excluding steroid dienone is 4. The topological polar surface area (TPSA) is 258 Å². The van der Waals surface area contributed by atoms with Crippen molar-refractivity contribution in [3.8, 4) is 23.0 Å². The lowest BCUT2D eigenvalue weighted by molar-refractivity contribution is -0.352. The number of aliphatic hydroxyl groups is 7. The lowest BCUT2D eigenvalue weighted by atomic mass is 9.96. The summed E-state index contributed by atoms with van der Waals surface area (Å²) in [6.45, 7) is 5.85. The van der Waals surface area contributed by atoms with Gasteiger partial charge < -0.3 is 74.1 Å². The summed E-state index contributed by atoms with van der Waals surface area (Å²) in [5.41, 5.74) is 1.35. The van der Waals surface area contributed by atoms with E-state index >= 15 is 0 Å². The number of benzene rings is 2. The minimum atomic E-state index is -1.91. The van der Waals surface area contributed by atoms with Gasteiger partial charge in [-0.2, -0.15) is 0 Å². The molecule has 1 aromatic heterocycles. The van der Waals surface area contributed by atoms with E-state index in [2.05, 4.69) is 0 Å². The van der Waals surface area contributed by atoms with Crippen molar-refractivity contribution in [3.05, 3.63) is 56.8 Å². The van der Waals surface area contributed by atoms with Crippen molar-refractivity contribution in [1.29, 1.82) is 0 Å². The number of methoxy groups -OCH3 is 1. The first kappa shape index (κ1) is 39.4. The molecule has 0 bridgehead atoms. The third-order valence-electron chi connectivity index (χ3n) is 9.15. The highest BCUT2D eigenvalue weighted by molar-refractivity contribution is 6.00. The van der Waals surface area contributed by atoms with Crippen molar-refractivity contribution in [1.82, 2.24) is 0 Å². The van der Waals surface area contributed by atoms with E-state index in [1.165, 1.54) is 7.11 Å². The molecule has 5 rings (SSSR count). The average molecular weight is 735 g/mol. The van der Waals surface area contributed by atoms with Crippen molar-refractivity contribution >= 4 is 21.9 Å². The van der Waals surface area contributed by atoms with Crippen LogP contribution >= 0.6 is 0 Å². The van der Waals surface area contributed by atoms with Gasteiger partial charge in [0.1, 0.15) is 65.7 Å². The molecule has 2 saturated heterocycles. The van der Waals surface area contributed by atoms with Crippen LogP contribution < -0.4 is 14.9 Å². The number of hydrogen-bond donors (Lipinski definition) is 9. The van der Waals surface area contributed by atoms with Crippen LogP contribution in [0.2, 0.25) is 0 Å². The Hall–Kier alpha value is -3.81. The zero-order valence-corrected chi connectivity index (χ0v) is 29.3. The molecular formula is C36H46O16. The number of hydrogen-bond acceptors (Lipinski definition) is 16. The fourth-order valence-electron chi connectivity index (χ4n) is 6.24. The van der Waals surface area contributed by atoms with Crippen LogP contribution in [0.3, 0.4) is 0 Å². The summed E-state index contributed by atoms with van der Waals surface area (Å²) in [5.74, 6) is -0.901. The second kappa shape index (κ2) is 16.1. The maximum Gasteiger partial charge on any atom is 0.229 e.